The van der Waals surface area contributed by atoms with E-state index >= 15 is 0 Å². The number of carbonyl (C=O) groups is 1. The van der Waals surface area contributed by atoms with Gasteiger partial charge in [-0.2, -0.15) is 0 Å². The molecule has 1 aliphatic rings. The minimum absolute atomic E-state index is 0.0628. The summed E-state index contributed by atoms with van der Waals surface area (Å²) in [5.41, 5.74) is 8.53. The van der Waals surface area contributed by atoms with Crippen LogP contribution < -0.4 is 10.5 Å². The van der Waals surface area contributed by atoms with Gasteiger partial charge in [0.15, 0.2) is 0 Å². The molecule has 2 atom stereocenters. The quantitative estimate of drug-likeness (QED) is 0.914. The van der Waals surface area contributed by atoms with Crippen molar-refractivity contribution in [2.24, 2.45) is 11.7 Å². The number of carbonyl (C=O) groups excluding carboxylic acids is 1. The predicted molar refractivity (Wildman–Crippen MR) is 79.5 cm³/mol. The zero-order valence-electron chi connectivity index (χ0n) is 12.6. The van der Waals surface area contributed by atoms with Gasteiger partial charge in [-0.3, -0.25) is 4.79 Å². The van der Waals surface area contributed by atoms with E-state index in [0.717, 1.165) is 25.1 Å². The van der Waals surface area contributed by atoms with Gasteiger partial charge in [-0.1, -0.05) is 26.3 Å². The molecule has 0 aromatic heterocycles. The third kappa shape index (κ3) is 2.96. The van der Waals surface area contributed by atoms with Crippen LogP contribution in [0.1, 0.15) is 31.4 Å². The molecule has 0 saturated heterocycles. The lowest BCUT2D eigenvalue weighted by molar-refractivity contribution is -0.134. The van der Waals surface area contributed by atoms with E-state index in [2.05, 4.69) is 13.0 Å². The maximum Gasteiger partial charge on any atom is 0.240 e. The Morgan fingerprint density at radius 3 is 2.85 bits per heavy atom. The number of ether oxygens (including phenoxy) is 1. The van der Waals surface area contributed by atoms with Gasteiger partial charge in [0.05, 0.1) is 13.2 Å². The molecule has 2 rings (SSSR count). The van der Waals surface area contributed by atoms with Crippen LogP contribution >= 0.6 is 0 Å². The van der Waals surface area contributed by atoms with Crippen molar-refractivity contribution in [2.45, 2.75) is 39.3 Å². The molecule has 0 radical (unpaired) electrons. The second-order valence-corrected chi connectivity index (χ2v) is 5.56. The van der Waals surface area contributed by atoms with E-state index in [4.69, 9.17) is 10.5 Å². The first-order chi connectivity index (χ1) is 9.56. The van der Waals surface area contributed by atoms with Crippen LogP contribution in [0.5, 0.6) is 5.75 Å². The Morgan fingerprint density at radius 2 is 2.20 bits per heavy atom. The van der Waals surface area contributed by atoms with Crippen LogP contribution in [0.3, 0.4) is 0 Å². The van der Waals surface area contributed by atoms with E-state index in [0.29, 0.717) is 6.54 Å². The number of hydrogen-bond donors (Lipinski definition) is 1. The molecule has 2 unspecified atom stereocenters. The molecule has 1 aromatic rings. The molecular weight excluding hydrogens is 252 g/mol. The number of hydrogen-bond acceptors (Lipinski definition) is 3. The van der Waals surface area contributed by atoms with Gasteiger partial charge < -0.3 is 15.4 Å². The van der Waals surface area contributed by atoms with Gasteiger partial charge in [-0.05, 0) is 35.6 Å². The highest BCUT2D eigenvalue weighted by molar-refractivity contribution is 5.82. The summed E-state index contributed by atoms with van der Waals surface area (Å²) < 4.78 is 5.25. The molecule has 1 aromatic carbocycles. The Morgan fingerprint density at radius 1 is 1.45 bits per heavy atom. The monoisotopic (exact) mass is 276 g/mol. The van der Waals surface area contributed by atoms with E-state index in [-0.39, 0.29) is 11.8 Å². The van der Waals surface area contributed by atoms with Crippen molar-refractivity contribution in [1.29, 1.82) is 0 Å². The molecule has 4 heteroatoms. The van der Waals surface area contributed by atoms with Crippen molar-refractivity contribution in [2.75, 3.05) is 13.7 Å². The molecule has 4 nitrogen and oxygen atoms in total. The molecule has 1 amide bonds. The second kappa shape index (κ2) is 6.27. The fourth-order valence-corrected chi connectivity index (χ4v) is 2.56. The molecule has 1 heterocycles. The minimum atomic E-state index is -0.396. The molecule has 110 valence electrons. The molecule has 2 N–H and O–H groups in total. The highest BCUT2D eigenvalue weighted by Gasteiger charge is 2.27. The minimum Gasteiger partial charge on any atom is -0.497 e. The second-order valence-electron chi connectivity index (χ2n) is 5.56. The molecule has 0 saturated carbocycles. The lowest BCUT2D eigenvalue weighted by Gasteiger charge is -2.32. The fourth-order valence-electron chi connectivity index (χ4n) is 2.56. The summed E-state index contributed by atoms with van der Waals surface area (Å²) in [6, 6.07) is 5.68. The number of rotatable bonds is 4. The van der Waals surface area contributed by atoms with Crippen molar-refractivity contribution < 1.29 is 9.53 Å². The number of benzene rings is 1. The van der Waals surface area contributed by atoms with Crippen LogP contribution in [0, 0.1) is 5.92 Å². The summed E-state index contributed by atoms with van der Waals surface area (Å²) in [5, 5.41) is 0. The largest absolute Gasteiger partial charge is 0.497 e. The maximum absolute atomic E-state index is 12.4. The van der Waals surface area contributed by atoms with Crippen molar-refractivity contribution in [3.05, 3.63) is 29.3 Å². The van der Waals surface area contributed by atoms with Gasteiger partial charge in [-0.25, -0.2) is 0 Å². The zero-order chi connectivity index (χ0) is 14.7. The van der Waals surface area contributed by atoms with Crippen LogP contribution in [0.2, 0.25) is 0 Å². The average Bonchev–Trinajstić information content (AvgIpc) is 2.51. The van der Waals surface area contributed by atoms with E-state index in [9.17, 15) is 4.79 Å². The Bertz CT molecular complexity index is 487. The van der Waals surface area contributed by atoms with Crippen LogP contribution in [0.4, 0.5) is 0 Å². The Hall–Kier alpha value is -1.55. The first kappa shape index (κ1) is 14.9. The van der Waals surface area contributed by atoms with Gasteiger partial charge in [-0.15, -0.1) is 0 Å². The molecule has 0 bridgehead atoms. The van der Waals surface area contributed by atoms with Crippen molar-refractivity contribution in [3.8, 4) is 5.75 Å². The highest BCUT2D eigenvalue weighted by atomic mass is 16.5. The van der Waals surface area contributed by atoms with Crippen molar-refractivity contribution in [1.82, 2.24) is 4.90 Å². The topological polar surface area (TPSA) is 55.6 Å². The van der Waals surface area contributed by atoms with Gasteiger partial charge in [0.25, 0.3) is 0 Å². The maximum atomic E-state index is 12.4. The van der Waals surface area contributed by atoms with Crippen molar-refractivity contribution in [3.63, 3.8) is 0 Å². The normalized spacial score (nSPS) is 17.3. The molecule has 0 fully saturated rings. The summed E-state index contributed by atoms with van der Waals surface area (Å²) in [5.74, 6) is 1.12. The fraction of sp³-hybridized carbons (Fsp3) is 0.562. The average molecular weight is 276 g/mol. The Kier molecular flexibility index (Phi) is 4.65. The number of amides is 1. The SMILES string of the molecule is CCC(C)C(N)C(=O)N1CCc2ccc(OC)cc2C1. The van der Waals surface area contributed by atoms with Crippen LogP contribution in [-0.2, 0) is 17.8 Å². The predicted octanol–water partition coefficient (Wildman–Crippen LogP) is 1.95. The molecule has 0 aliphatic carbocycles. The number of fused-ring (bicyclic) bond motifs is 1. The summed E-state index contributed by atoms with van der Waals surface area (Å²) in [6.45, 7) is 5.48. The third-order valence-electron chi connectivity index (χ3n) is 4.28. The lowest BCUT2D eigenvalue weighted by atomic mass is 9.95. The van der Waals surface area contributed by atoms with E-state index in [1.54, 1.807) is 7.11 Å². The molecule has 1 aliphatic heterocycles. The highest BCUT2D eigenvalue weighted by Crippen LogP contribution is 2.24. The summed E-state index contributed by atoms with van der Waals surface area (Å²) >= 11 is 0. The van der Waals surface area contributed by atoms with Gasteiger partial charge in [0.2, 0.25) is 5.91 Å². The van der Waals surface area contributed by atoms with E-state index < -0.39 is 6.04 Å². The Balaban J connectivity index is 2.12. The van der Waals surface area contributed by atoms with E-state index in [1.165, 1.54) is 11.1 Å². The first-order valence-corrected chi connectivity index (χ1v) is 7.27. The van der Waals surface area contributed by atoms with E-state index in [1.807, 2.05) is 24.0 Å². The number of methoxy groups -OCH3 is 1. The lowest BCUT2D eigenvalue weighted by Crippen LogP contribution is -2.48. The standard InChI is InChI=1S/C16H24N2O2/c1-4-11(2)15(17)16(19)18-8-7-12-5-6-14(20-3)9-13(12)10-18/h5-6,9,11,15H,4,7-8,10,17H2,1-3H3. The number of nitrogens with zero attached hydrogens (tertiary/aromatic N) is 1. The molecule has 20 heavy (non-hydrogen) atoms. The van der Waals surface area contributed by atoms with Crippen LogP contribution in [0.25, 0.3) is 0 Å². The van der Waals surface area contributed by atoms with Crippen molar-refractivity contribution >= 4 is 5.91 Å². The summed E-state index contributed by atoms with van der Waals surface area (Å²) in [4.78, 5) is 14.3. The smallest absolute Gasteiger partial charge is 0.240 e. The molecule has 0 spiro atoms. The van der Waals surface area contributed by atoms with Gasteiger partial charge in [0.1, 0.15) is 5.75 Å². The zero-order valence-corrected chi connectivity index (χ0v) is 12.6. The van der Waals surface area contributed by atoms with Gasteiger partial charge in [0, 0.05) is 13.1 Å². The number of nitrogens with two attached hydrogens (primary N) is 1. The first-order valence-electron chi connectivity index (χ1n) is 7.27. The van der Waals surface area contributed by atoms with Crippen LogP contribution in [0.15, 0.2) is 18.2 Å². The summed E-state index contributed by atoms with van der Waals surface area (Å²) in [6.07, 6.45) is 1.81. The van der Waals surface area contributed by atoms with Gasteiger partial charge >= 0.3 is 0 Å². The van der Waals surface area contributed by atoms with Crippen LogP contribution in [-0.4, -0.2) is 30.5 Å². The molecular formula is C16H24N2O2. The Labute approximate surface area is 120 Å². The third-order valence-corrected chi connectivity index (χ3v) is 4.28. The summed E-state index contributed by atoms with van der Waals surface area (Å²) in [7, 11) is 1.66.